The lowest BCUT2D eigenvalue weighted by Gasteiger charge is -2.29. The number of para-hydroxylation sites is 2. The predicted octanol–water partition coefficient (Wildman–Crippen LogP) is 4.20. The van der Waals surface area contributed by atoms with E-state index in [1.165, 1.54) is 12.1 Å². The van der Waals surface area contributed by atoms with Gasteiger partial charge in [0.1, 0.15) is 11.6 Å². The van der Waals surface area contributed by atoms with Gasteiger partial charge in [0.05, 0.1) is 11.4 Å². The fraction of sp³-hybridized carbons (Fsp3) is 0.346. The van der Waals surface area contributed by atoms with Gasteiger partial charge in [-0.1, -0.05) is 30.7 Å². The Morgan fingerprint density at radius 3 is 2.85 bits per heavy atom. The zero-order chi connectivity index (χ0) is 23.9. The second-order valence-corrected chi connectivity index (χ2v) is 8.47. The third kappa shape index (κ3) is 5.81. The van der Waals surface area contributed by atoms with Crippen LogP contribution in [0.1, 0.15) is 31.4 Å². The maximum atomic E-state index is 13.4. The number of hydrogen-bond donors (Lipinski definition) is 1. The number of aromatic amines is 1. The van der Waals surface area contributed by atoms with E-state index in [4.69, 9.17) is 4.74 Å². The van der Waals surface area contributed by atoms with Crippen LogP contribution in [-0.2, 0) is 16.0 Å². The summed E-state index contributed by atoms with van der Waals surface area (Å²) in [5, 5.41) is 7.30. The number of aryl methyl sites for hydroxylation is 1. The summed E-state index contributed by atoms with van der Waals surface area (Å²) in [6, 6.07) is 15.7. The Bertz CT molecular complexity index is 1150. The number of hydrogen-bond acceptors (Lipinski definition) is 4. The first-order chi connectivity index (χ1) is 16.5. The Morgan fingerprint density at radius 1 is 1.15 bits per heavy atom. The molecule has 0 spiro atoms. The number of amides is 2. The molecule has 1 aliphatic rings. The molecule has 178 valence electrons. The molecule has 1 aromatic heterocycles. The number of halogens is 1. The van der Waals surface area contributed by atoms with Gasteiger partial charge < -0.3 is 14.5 Å². The number of aromatic nitrogens is 2. The van der Waals surface area contributed by atoms with Gasteiger partial charge in [0.2, 0.25) is 5.91 Å². The molecule has 0 saturated carbocycles. The highest BCUT2D eigenvalue weighted by Crippen LogP contribution is 2.31. The van der Waals surface area contributed by atoms with Gasteiger partial charge >= 0.3 is 0 Å². The first-order valence-corrected chi connectivity index (χ1v) is 11.6. The van der Waals surface area contributed by atoms with Crippen molar-refractivity contribution in [1.29, 1.82) is 0 Å². The van der Waals surface area contributed by atoms with Crippen LogP contribution in [0.15, 0.2) is 54.6 Å². The molecule has 0 saturated heterocycles. The average Bonchev–Trinajstić information content (AvgIpc) is 3.32. The summed E-state index contributed by atoms with van der Waals surface area (Å²) in [6.07, 6.45) is 3.95. The molecule has 2 amide bonds. The first kappa shape index (κ1) is 23.5. The van der Waals surface area contributed by atoms with Crippen LogP contribution >= 0.6 is 0 Å². The van der Waals surface area contributed by atoms with Gasteiger partial charge in [-0.15, -0.1) is 0 Å². The smallest absolute Gasteiger partial charge is 0.265 e. The number of carbonyl (C=O) groups is 2. The largest absolute Gasteiger partial charge is 0.482 e. The lowest BCUT2D eigenvalue weighted by Crippen LogP contribution is -2.41. The summed E-state index contributed by atoms with van der Waals surface area (Å²) < 4.78 is 18.8. The third-order valence-corrected chi connectivity index (χ3v) is 5.97. The lowest BCUT2D eigenvalue weighted by molar-refractivity contribution is -0.129. The number of nitrogens with zero attached hydrogens (tertiary/aromatic N) is 3. The van der Waals surface area contributed by atoms with E-state index in [0.717, 1.165) is 42.6 Å². The zero-order valence-corrected chi connectivity index (χ0v) is 19.3. The SMILES string of the molecule is CN(CCCCCc1cc(-c2cccc(F)c2)n[nH]1)C(=O)CCN1C(=O)COc2ccccc21. The monoisotopic (exact) mass is 464 g/mol. The molecule has 0 radical (unpaired) electrons. The number of ether oxygens (including phenoxy) is 1. The number of benzene rings is 2. The fourth-order valence-corrected chi connectivity index (χ4v) is 4.05. The van der Waals surface area contributed by atoms with E-state index in [9.17, 15) is 14.0 Å². The molecule has 34 heavy (non-hydrogen) atoms. The zero-order valence-electron chi connectivity index (χ0n) is 19.3. The molecule has 0 atom stereocenters. The number of rotatable bonds is 10. The highest BCUT2D eigenvalue weighted by Gasteiger charge is 2.25. The molecular weight excluding hydrogens is 435 g/mol. The number of fused-ring (bicyclic) bond motifs is 1. The summed E-state index contributed by atoms with van der Waals surface area (Å²) in [4.78, 5) is 28.2. The summed E-state index contributed by atoms with van der Waals surface area (Å²) in [5.74, 6) is 0.281. The molecule has 0 aliphatic carbocycles. The van der Waals surface area contributed by atoms with Gasteiger partial charge in [0.15, 0.2) is 6.61 Å². The molecule has 1 N–H and O–H groups in total. The van der Waals surface area contributed by atoms with Crippen molar-refractivity contribution in [3.8, 4) is 17.0 Å². The van der Waals surface area contributed by atoms with Gasteiger partial charge in [-0.05, 0) is 49.6 Å². The van der Waals surface area contributed by atoms with Crippen molar-refractivity contribution >= 4 is 17.5 Å². The number of nitrogens with one attached hydrogen (secondary N) is 1. The summed E-state index contributed by atoms with van der Waals surface area (Å²) >= 11 is 0. The van der Waals surface area contributed by atoms with Crippen LogP contribution < -0.4 is 9.64 Å². The van der Waals surface area contributed by atoms with Crippen molar-refractivity contribution in [1.82, 2.24) is 15.1 Å². The molecule has 7 nitrogen and oxygen atoms in total. The second-order valence-electron chi connectivity index (χ2n) is 8.47. The van der Waals surface area contributed by atoms with Crippen LogP contribution in [-0.4, -0.2) is 53.7 Å². The first-order valence-electron chi connectivity index (χ1n) is 11.6. The van der Waals surface area contributed by atoms with Crippen molar-refractivity contribution in [3.05, 3.63) is 66.1 Å². The van der Waals surface area contributed by atoms with E-state index in [1.54, 1.807) is 22.9 Å². The summed E-state index contributed by atoms with van der Waals surface area (Å²) in [7, 11) is 1.80. The quantitative estimate of drug-likeness (QED) is 0.456. The van der Waals surface area contributed by atoms with Crippen LogP contribution in [0.2, 0.25) is 0 Å². The number of carbonyl (C=O) groups excluding carboxylic acids is 2. The molecule has 0 unspecified atom stereocenters. The molecule has 2 aromatic carbocycles. The van der Waals surface area contributed by atoms with Crippen molar-refractivity contribution < 1.29 is 18.7 Å². The molecule has 2 heterocycles. The van der Waals surface area contributed by atoms with E-state index in [0.29, 0.717) is 24.5 Å². The third-order valence-electron chi connectivity index (χ3n) is 5.97. The highest BCUT2D eigenvalue weighted by atomic mass is 19.1. The Hall–Kier alpha value is -3.68. The molecular formula is C26H29FN4O3. The Labute approximate surface area is 198 Å². The van der Waals surface area contributed by atoms with Crippen LogP contribution in [0.25, 0.3) is 11.3 Å². The number of H-pyrrole nitrogens is 1. The number of anilines is 1. The lowest BCUT2D eigenvalue weighted by atomic mass is 10.1. The van der Waals surface area contributed by atoms with Crippen LogP contribution in [0, 0.1) is 5.82 Å². The van der Waals surface area contributed by atoms with Crippen LogP contribution in [0.3, 0.4) is 0 Å². The standard InChI is InChI=1S/C26H29FN4O3/c1-30(25(32)13-15-31-23-11-4-5-12-24(23)34-18-26(31)33)14-6-2-3-10-21-17-22(29-28-21)19-8-7-9-20(27)16-19/h4-5,7-9,11-12,16-17H,2-3,6,10,13-15,18H2,1H3,(H,28,29). The van der Waals surface area contributed by atoms with Crippen LogP contribution in [0.5, 0.6) is 5.75 Å². The topological polar surface area (TPSA) is 78.5 Å². The Morgan fingerprint density at radius 2 is 2.00 bits per heavy atom. The predicted molar refractivity (Wildman–Crippen MR) is 128 cm³/mol. The van der Waals surface area contributed by atoms with Crippen molar-refractivity contribution in [2.24, 2.45) is 0 Å². The fourth-order valence-electron chi connectivity index (χ4n) is 4.05. The minimum Gasteiger partial charge on any atom is -0.482 e. The Kier molecular flexibility index (Phi) is 7.57. The van der Waals surface area contributed by atoms with Gasteiger partial charge in [-0.25, -0.2) is 4.39 Å². The van der Waals surface area contributed by atoms with Crippen molar-refractivity contribution in [3.63, 3.8) is 0 Å². The minimum absolute atomic E-state index is 0.00110. The summed E-state index contributed by atoms with van der Waals surface area (Å²) in [6.45, 7) is 1.01. The Balaban J connectivity index is 1.16. The maximum absolute atomic E-state index is 13.4. The maximum Gasteiger partial charge on any atom is 0.265 e. The van der Waals surface area contributed by atoms with Crippen molar-refractivity contribution in [2.75, 3.05) is 31.6 Å². The summed E-state index contributed by atoms with van der Waals surface area (Å²) in [5.41, 5.74) is 3.22. The van der Waals surface area contributed by atoms with Crippen molar-refractivity contribution in [2.45, 2.75) is 32.1 Å². The van der Waals surface area contributed by atoms with Crippen LogP contribution in [0.4, 0.5) is 10.1 Å². The van der Waals surface area contributed by atoms with Gasteiger partial charge in [-0.2, -0.15) is 5.10 Å². The average molecular weight is 465 g/mol. The van der Waals surface area contributed by atoms with Gasteiger partial charge in [0, 0.05) is 37.8 Å². The van der Waals surface area contributed by atoms with E-state index >= 15 is 0 Å². The molecule has 4 rings (SSSR count). The normalized spacial score (nSPS) is 12.9. The highest BCUT2D eigenvalue weighted by molar-refractivity contribution is 5.98. The number of unbranched alkanes of at least 4 members (excludes halogenated alkanes) is 2. The molecule has 1 aliphatic heterocycles. The minimum atomic E-state index is -0.276. The molecule has 0 bridgehead atoms. The van der Waals surface area contributed by atoms with Gasteiger partial charge in [-0.3, -0.25) is 14.7 Å². The molecule has 3 aromatic rings. The van der Waals surface area contributed by atoms with E-state index in [-0.39, 0.29) is 30.7 Å². The van der Waals surface area contributed by atoms with E-state index in [1.807, 2.05) is 36.4 Å². The molecule has 0 fully saturated rings. The second kappa shape index (κ2) is 11.0. The van der Waals surface area contributed by atoms with E-state index < -0.39 is 0 Å². The molecule has 8 heteroatoms. The van der Waals surface area contributed by atoms with Gasteiger partial charge in [0.25, 0.3) is 5.91 Å². The van der Waals surface area contributed by atoms with E-state index in [2.05, 4.69) is 10.2 Å².